The van der Waals surface area contributed by atoms with Crippen molar-refractivity contribution in [3.8, 4) is 5.75 Å². The number of hydrogen-bond donors (Lipinski definition) is 1. The quantitative estimate of drug-likeness (QED) is 0.905. The van der Waals surface area contributed by atoms with Gasteiger partial charge in [0.2, 0.25) is 0 Å². The molecule has 0 saturated carbocycles. The summed E-state index contributed by atoms with van der Waals surface area (Å²) in [5.41, 5.74) is 2.99. The lowest BCUT2D eigenvalue weighted by Crippen LogP contribution is -2.25. The van der Waals surface area contributed by atoms with Crippen molar-refractivity contribution in [3.63, 3.8) is 0 Å². The van der Waals surface area contributed by atoms with Gasteiger partial charge in [0.15, 0.2) is 0 Å². The molecule has 0 aromatic heterocycles. The van der Waals surface area contributed by atoms with Gasteiger partial charge in [0.1, 0.15) is 17.2 Å². The third-order valence-electron chi connectivity index (χ3n) is 3.48. The average Bonchev–Trinajstić information content (AvgIpc) is 2.71. The van der Waals surface area contributed by atoms with E-state index in [1.807, 2.05) is 18.2 Å². The Morgan fingerprint density at radius 1 is 1.20 bits per heavy atom. The first-order chi connectivity index (χ1) is 9.53. The maximum absolute atomic E-state index is 13.1. The summed E-state index contributed by atoms with van der Waals surface area (Å²) in [6.45, 7) is 4.82. The lowest BCUT2D eigenvalue weighted by molar-refractivity contribution is 0.137. The standard InChI is InChI=1S/C17H18FNO/c1-17(2)10-12-5-3-6-13(16(12)20-17)11-19-15-8-4-7-14(18)9-15/h3-9,19H,10-11H2,1-2H3. The second-order valence-electron chi connectivity index (χ2n) is 5.81. The van der Waals surface area contributed by atoms with Crippen molar-refractivity contribution in [2.75, 3.05) is 5.32 Å². The fourth-order valence-corrected chi connectivity index (χ4v) is 2.61. The van der Waals surface area contributed by atoms with Crippen LogP contribution in [0.4, 0.5) is 10.1 Å². The van der Waals surface area contributed by atoms with Crippen LogP contribution in [-0.2, 0) is 13.0 Å². The summed E-state index contributed by atoms with van der Waals surface area (Å²) in [6, 6.07) is 12.7. The van der Waals surface area contributed by atoms with Crippen molar-refractivity contribution in [1.82, 2.24) is 0 Å². The summed E-state index contributed by atoms with van der Waals surface area (Å²) < 4.78 is 19.2. The van der Waals surface area contributed by atoms with E-state index in [0.717, 1.165) is 23.4 Å². The van der Waals surface area contributed by atoms with Crippen LogP contribution in [0.1, 0.15) is 25.0 Å². The average molecular weight is 271 g/mol. The first-order valence-electron chi connectivity index (χ1n) is 6.83. The number of fused-ring (bicyclic) bond motifs is 1. The van der Waals surface area contributed by atoms with Crippen molar-refractivity contribution >= 4 is 5.69 Å². The fourth-order valence-electron chi connectivity index (χ4n) is 2.61. The van der Waals surface area contributed by atoms with Gasteiger partial charge in [0.25, 0.3) is 0 Å². The van der Waals surface area contributed by atoms with E-state index in [1.165, 1.54) is 17.7 Å². The highest BCUT2D eigenvalue weighted by Crippen LogP contribution is 2.37. The van der Waals surface area contributed by atoms with Gasteiger partial charge < -0.3 is 10.1 Å². The molecule has 0 saturated heterocycles. The number of para-hydroxylation sites is 1. The van der Waals surface area contributed by atoms with Crippen molar-refractivity contribution in [2.45, 2.75) is 32.4 Å². The Balaban J connectivity index is 1.78. The molecule has 0 radical (unpaired) electrons. The molecule has 0 bridgehead atoms. The van der Waals surface area contributed by atoms with Crippen LogP contribution in [0.3, 0.4) is 0 Å². The molecule has 0 atom stereocenters. The van der Waals surface area contributed by atoms with Gasteiger partial charge in [-0.15, -0.1) is 0 Å². The minimum atomic E-state index is -0.231. The molecule has 104 valence electrons. The van der Waals surface area contributed by atoms with Crippen molar-refractivity contribution in [3.05, 3.63) is 59.4 Å². The molecule has 2 aromatic rings. The van der Waals surface area contributed by atoms with E-state index in [1.54, 1.807) is 6.07 Å². The van der Waals surface area contributed by atoms with Gasteiger partial charge in [-0.3, -0.25) is 0 Å². The van der Waals surface area contributed by atoms with Crippen LogP contribution in [0.2, 0.25) is 0 Å². The topological polar surface area (TPSA) is 21.3 Å². The smallest absolute Gasteiger partial charge is 0.128 e. The van der Waals surface area contributed by atoms with Crippen molar-refractivity contribution in [2.24, 2.45) is 0 Å². The minimum absolute atomic E-state index is 0.142. The Morgan fingerprint density at radius 2 is 2.00 bits per heavy atom. The van der Waals surface area contributed by atoms with E-state index in [2.05, 4.69) is 25.2 Å². The van der Waals surface area contributed by atoms with Gasteiger partial charge in [0, 0.05) is 24.2 Å². The van der Waals surface area contributed by atoms with Gasteiger partial charge in [-0.05, 0) is 37.6 Å². The van der Waals surface area contributed by atoms with Gasteiger partial charge >= 0.3 is 0 Å². The van der Waals surface area contributed by atoms with Gasteiger partial charge in [0.05, 0.1) is 0 Å². The molecule has 20 heavy (non-hydrogen) atoms. The largest absolute Gasteiger partial charge is 0.487 e. The lowest BCUT2D eigenvalue weighted by Gasteiger charge is -2.18. The summed E-state index contributed by atoms with van der Waals surface area (Å²) in [7, 11) is 0. The molecule has 0 spiro atoms. The molecular weight excluding hydrogens is 253 g/mol. The molecular formula is C17H18FNO. The van der Waals surface area contributed by atoms with E-state index in [9.17, 15) is 4.39 Å². The van der Waals surface area contributed by atoms with E-state index < -0.39 is 0 Å². The van der Waals surface area contributed by atoms with E-state index >= 15 is 0 Å². The number of halogens is 1. The number of hydrogen-bond acceptors (Lipinski definition) is 2. The Kier molecular flexibility index (Phi) is 3.13. The Labute approximate surface area is 118 Å². The molecule has 1 aliphatic rings. The number of rotatable bonds is 3. The highest BCUT2D eigenvalue weighted by atomic mass is 19.1. The zero-order valence-corrected chi connectivity index (χ0v) is 11.7. The summed E-state index contributed by atoms with van der Waals surface area (Å²) in [5.74, 6) is 0.743. The SMILES string of the molecule is CC1(C)Cc2cccc(CNc3cccc(F)c3)c2O1. The van der Waals surface area contributed by atoms with Crippen LogP contribution in [0.15, 0.2) is 42.5 Å². The third kappa shape index (κ3) is 2.62. The van der Waals surface area contributed by atoms with Crippen molar-refractivity contribution in [1.29, 1.82) is 0 Å². The van der Waals surface area contributed by atoms with Crippen LogP contribution in [0.25, 0.3) is 0 Å². The zero-order chi connectivity index (χ0) is 14.2. The molecule has 1 aliphatic heterocycles. The van der Waals surface area contributed by atoms with Gasteiger partial charge in [-0.25, -0.2) is 4.39 Å². The first kappa shape index (κ1) is 13.0. The number of nitrogens with one attached hydrogen (secondary N) is 1. The summed E-state index contributed by atoms with van der Waals surface area (Å²) >= 11 is 0. The predicted octanol–water partition coefficient (Wildman–Crippen LogP) is 4.15. The molecule has 0 aliphatic carbocycles. The fraction of sp³-hybridized carbons (Fsp3) is 0.294. The number of anilines is 1. The molecule has 0 unspecified atom stereocenters. The maximum Gasteiger partial charge on any atom is 0.128 e. The second-order valence-corrected chi connectivity index (χ2v) is 5.81. The van der Waals surface area contributed by atoms with Gasteiger partial charge in [-0.1, -0.05) is 24.3 Å². The van der Waals surface area contributed by atoms with E-state index in [-0.39, 0.29) is 11.4 Å². The number of benzene rings is 2. The lowest BCUT2D eigenvalue weighted by atomic mass is 10.0. The number of ether oxygens (including phenoxy) is 1. The Hall–Kier alpha value is -2.03. The maximum atomic E-state index is 13.1. The second kappa shape index (κ2) is 4.82. The van der Waals surface area contributed by atoms with Crippen LogP contribution >= 0.6 is 0 Å². The molecule has 3 rings (SSSR count). The molecule has 1 N–H and O–H groups in total. The molecule has 0 amide bonds. The molecule has 2 nitrogen and oxygen atoms in total. The van der Waals surface area contributed by atoms with Crippen LogP contribution in [-0.4, -0.2) is 5.60 Å². The predicted molar refractivity (Wildman–Crippen MR) is 78.6 cm³/mol. The highest BCUT2D eigenvalue weighted by Gasteiger charge is 2.31. The molecule has 3 heteroatoms. The van der Waals surface area contributed by atoms with Crippen molar-refractivity contribution < 1.29 is 9.13 Å². The molecule has 0 fully saturated rings. The van der Waals surface area contributed by atoms with Crippen LogP contribution < -0.4 is 10.1 Å². The van der Waals surface area contributed by atoms with Crippen LogP contribution in [0.5, 0.6) is 5.75 Å². The highest BCUT2D eigenvalue weighted by molar-refractivity contribution is 5.49. The van der Waals surface area contributed by atoms with Crippen LogP contribution in [0, 0.1) is 5.82 Å². The Bertz CT molecular complexity index is 637. The summed E-state index contributed by atoms with van der Waals surface area (Å²) in [5, 5.41) is 3.24. The molecule has 1 heterocycles. The zero-order valence-electron chi connectivity index (χ0n) is 11.7. The van der Waals surface area contributed by atoms with Gasteiger partial charge in [-0.2, -0.15) is 0 Å². The third-order valence-corrected chi connectivity index (χ3v) is 3.48. The van der Waals surface area contributed by atoms with E-state index in [4.69, 9.17) is 4.74 Å². The Morgan fingerprint density at radius 3 is 2.80 bits per heavy atom. The minimum Gasteiger partial charge on any atom is -0.487 e. The summed E-state index contributed by atoms with van der Waals surface area (Å²) in [6.07, 6.45) is 0.927. The summed E-state index contributed by atoms with van der Waals surface area (Å²) in [4.78, 5) is 0. The van der Waals surface area contributed by atoms with E-state index in [0.29, 0.717) is 6.54 Å². The molecule has 2 aromatic carbocycles. The first-order valence-corrected chi connectivity index (χ1v) is 6.83. The monoisotopic (exact) mass is 271 g/mol. The normalized spacial score (nSPS) is 15.6.